The fourth-order valence-electron chi connectivity index (χ4n) is 0.830. The van der Waals surface area contributed by atoms with Gasteiger partial charge in [0.25, 0.3) is 0 Å². The summed E-state index contributed by atoms with van der Waals surface area (Å²) in [5, 5.41) is 8.29. The van der Waals surface area contributed by atoms with Gasteiger partial charge in [0.05, 0.1) is 12.7 Å². The maximum absolute atomic E-state index is 12.5. The first-order valence-electron chi connectivity index (χ1n) is 2.96. The van der Waals surface area contributed by atoms with Gasteiger partial charge in [0, 0.05) is 13.0 Å². The number of alkyl halides is 1. The molecule has 0 bridgehead atoms. The van der Waals surface area contributed by atoms with Crippen LogP contribution in [0, 0.1) is 17.2 Å². The predicted octanol–water partition coefficient (Wildman–Crippen LogP) is 0.885. The van der Waals surface area contributed by atoms with Crippen molar-refractivity contribution in [3.63, 3.8) is 0 Å². The Morgan fingerprint density at radius 1 is 1.67 bits per heavy atom. The smallest absolute Gasteiger partial charge is 0.120 e. The fraction of sp³-hybridized carbons (Fsp3) is 0.833. The average molecular weight is 129 g/mol. The molecule has 0 amide bonds. The molecule has 2 nitrogen and oxygen atoms in total. The molecular formula is C6H8FNO. The standard InChI is InChI=1S/C6H8FNO/c7-6-1-2-9-4-5(6)3-8/h5-6H,1-2,4H2/t5-,6+/m0/s1. The number of halogens is 1. The lowest BCUT2D eigenvalue weighted by molar-refractivity contribution is 0.0229. The van der Waals surface area contributed by atoms with Crippen LogP contribution in [0.4, 0.5) is 4.39 Å². The zero-order valence-corrected chi connectivity index (χ0v) is 5.01. The van der Waals surface area contributed by atoms with Crippen molar-refractivity contribution < 1.29 is 9.13 Å². The van der Waals surface area contributed by atoms with Gasteiger partial charge in [0.15, 0.2) is 0 Å². The van der Waals surface area contributed by atoms with E-state index in [-0.39, 0.29) is 6.61 Å². The van der Waals surface area contributed by atoms with Crippen molar-refractivity contribution in [2.75, 3.05) is 13.2 Å². The molecule has 0 unspecified atom stereocenters. The monoisotopic (exact) mass is 129 g/mol. The Balaban J connectivity index is 2.41. The van der Waals surface area contributed by atoms with Gasteiger partial charge in [0.2, 0.25) is 0 Å². The van der Waals surface area contributed by atoms with Crippen LogP contribution in [0.25, 0.3) is 0 Å². The quantitative estimate of drug-likeness (QED) is 0.486. The highest BCUT2D eigenvalue weighted by molar-refractivity contribution is 4.90. The molecule has 2 atom stereocenters. The van der Waals surface area contributed by atoms with E-state index in [1.54, 1.807) is 0 Å². The summed E-state index contributed by atoms with van der Waals surface area (Å²) in [7, 11) is 0. The van der Waals surface area contributed by atoms with Crippen molar-refractivity contribution in [2.45, 2.75) is 12.6 Å². The molecule has 1 fully saturated rings. The molecule has 0 aromatic rings. The van der Waals surface area contributed by atoms with Gasteiger partial charge in [-0.25, -0.2) is 4.39 Å². The number of nitriles is 1. The van der Waals surface area contributed by atoms with Crippen LogP contribution in [-0.2, 0) is 4.74 Å². The molecule has 0 aromatic heterocycles. The van der Waals surface area contributed by atoms with Crippen LogP contribution in [0.2, 0.25) is 0 Å². The maximum atomic E-state index is 12.5. The molecule has 9 heavy (non-hydrogen) atoms. The largest absolute Gasteiger partial charge is 0.380 e. The molecule has 0 aliphatic carbocycles. The minimum absolute atomic E-state index is 0.262. The second-order valence-electron chi connectivity index (χ2n) is 2.12. The molecule has 1 aliphatic heterocycles. The van der Waals surface area contributed by atoms with Crippen LogP contribution in [0.15, 0.2) is 0 Å². The molecule has 0 radical (unpaired) electrons. The van der Waals surface area contributed by atoms with Gasteiger partial charge in [-0.15, -0.1) is 0 Å². The van der Waals surface area contributed by atoms with Crippen molar-refractivity contribution >= 4 is 0 Å². The number of hydrogen-bond acceptors (Lipinski definition) is 2. The van der Waals surface area contributed by atoms with E-state index in [2.05, 4.69) is 0 Å². The summed E-state index contributed by atoms with van der Waals surface area (Å²) >= 11 is 0. The molecular weight excluding hydrogens is 121 g/mol. The number of nitrogens with zero attached hydrogens (tertiary/aromatic N) is 1. The zero-order valence-electron chi connectivity index (χ0n) is 5.01. The minimum atomic E-state index is -0.969. The van der Waals surface area contributed by atoms with Crippen LogP contribution >= 0.6 is 0 Å². The van der Waals surface area contributed by atoms with Gasteiger partial charge in [-0.3, -0.25) is 0 Å². The molecule has 50 valence electrons. The molecule has 1 aliphatic rings. The Hall–Kier alpha value is -0.620. The second kappa shape index (κ2) is 2.79. The lowest BCUT2D eigenvalue weighted by atomic mass is 10.0. The van der Waals surface area contributed by atoms with Gasteiger partial charge in [-0.1, -0.05) is 0 Å². The first-order chi connectivity index (χ1) is 4.34. The highest BCUT2D eigenvalue weighted by Crippen LogP contribution is 2.16. The Labute approximate surface area is 53.2 Å². The van der Waals surface area contributed by atoms with Gasteiger partial charge in [-0.05, 0) is 0 Å². The molecule has 0 N–H and O–H groups in total. The highest BCUT2D eigenvalue weighted by atomic mass is 19.1. The summed E-state index contributed by atoms with van der Waals surface area (Å²) in [6, 6.07) is 1.85. The summed E-state index contributed by atoms with van der Waals surface area (Å²) in [5.74, 6) is -0.529. The third-order valence-corrected chi connectivity index (χ3v) is 1.44. The average Bonchev–Trinajstić information content (AvgIpc) is 1.89. The molecule has 1 rings (SSSR count). The van der Waals surface area contributed by atoms with Crippen molar-refractivity contribution in [3.8, 4) is 6.07 Å². The molecule has 3 heteroatoms. The van der Waals surface area contributed by atoms with Crippen LogP contribution in [0.1, 0.15) is 6.42 Å². The predicted molar refractivity (Wildman–Crippen MR) is 29.4 cm³/mol. The van der Waals surface area contributed by atoms with E-state index in [9.17, 15) is 4.39 Å². The van der Waals surface area contributed by atoms with Crippen molar-refractivity contribution in [1.82, 2.24) is 0 Å². The highest BCUT2D eigenvalue weighted by Gasteiger charge is 2.24. The fourth-order valence-corrected chi connectivity index (χ4v) is 0.830. The van der Waals surface area contributed by atoms with E-state index in [4.69, 9.17) is 10.00 Å². The first-order valence-corrected chi connectivity index (χ1v) is 2.96. The Kier molecular flexibility index (Phi) is 2.01. The van der Waals surface area contributed by atoms with Crippen LogP contribution in [0.3, 0.4) is 0 Å². The second-order valence-corrected chi connectivity index (χ2v) is 2.12. The van der Waals surface area contributed by atoms with Crippen LogP contribution in [0.5, 0.6) is 0 Å². The molecule has 0 saturated carbocycles. The van der Waals surface area contributed by atoms with Crippen molar-refractivity contribution in [3.05, 3.63) is 0 Å². The first kappa shape index (κ1) is 6.50. The number of rotatable bonds is 0. The van der Waals surface area contributed by atoms with Crippen LogP contribution < -0.4 is 0 Å². The van der Waals surface area contributed by atoms with E-state index in [1.807, 2.05) is 6.07 Å². The van der Waals surface area contributed by atoms with Crippen molar-refractivity contribution in [1.29, 1.82) is 5.26 Å². The zero-order chi connectivity index (χ0) is 6.69. The lowest BCUT2D eigenvalue weighted by Crippen LogP contribution is -2.27. The number of hydrogen-bond donors (Lipinski definition) is 0. The molecule has 1 heterocycles. The lowest BCUT2D eigenvalue weighted by Gasteiger charge is -2.19. The van der Waals surface area contributed by atoms with E-state index in [0.29, 0.717) is 13.0 Å². The third kappa shape index (κ3) is 1.39. The number of ether oxygens (including phenoxy) is 1. The molecule has 0 spiro atoms. The topological polar surface area (TPSA) is 33.0 Å². The summed E-state index contributed by atoms with van der Waals surface area (Å²) in [4.78, 5) is 0. The van der Waals surface area contributed by atoms with Crippen molar-refractivity contribution in [2.24, 2.45) is 5.92 Å². The van der Waals surface area contributed by atoms with Gasteiger partial charge < -0.3 is 4.74 Å². The van der Waals surface area contributed by atoms with E-state index >= 15 is 0 Å². The van der Waals surface area contributed by atoms with Gasteiger partial charge >= 0.3 is 0 Å². The Bertz CT molecular complexity index is 132. The summed E-state index contributed by atoms with van der Waals surface area (Å²) in [6.45, 7) is 0.719. The summed E-state index contributed by atoms with van der Waals surface area (Å²) < 4.78 is 17.4. The van der Waals surface area contributed by atoms with Crippen LogP contribution in [-0.4, -0.2) is 19.4 Å². The van der Waals surface area contributed by atoms with E-state index in [0.717, 1.165) is 0 Å². The maximum Gasteiger partial charge on any atom is 0.120 e. The molecule has 1 saturated heterocycles. The SMILES string of the molecule is N#C[C@H]1COCC[C@H]1F. The minimum Gasteiger partial charge on any atom is -0.380 e. The summed E-state index contributed by atoms with van der Waals surface area (Å²) in [6.07, 6.45) is -0.596. The summed E-state index contributed by atoms with van der Waals surface area (Å²) in [5.41, 5.74) is 0. The van der Waals surface area contributed by atoms with Gasteiger partial charge in [0.1, 0.15) is 12.1 Å². The third-order valence-electron chi connectivity index (χ3n) is 1.44. The normalized spacial score (nSPS) is 35.6. The Morgan fingerprint density at radius 3 is 2.89 bits per heavy atom. The Morgan fingerprint density at radius 2 is 2.44 bits per heavy atom. The van der Waals surface area contributed by atoms with E-state index < -0.39 is 12.1 Å². The van der Waals surface area contributed by atoms with E-state index in [1.165, 1.54) is 0 Å². The van der Waals surface area contributed by atoms with Gasteiger partial charge in [-0.2, -0.15) is 5.26 Å². The molecule has 0 aromatic carbocycles.